The molecule has 282 valence electrons. The molecule has 1 heterocycles. The zero-order chi connectivity index (χ0) is 36.3. The van der Waals surface area contributed by atoms with Gasteiger partial charge in [0.05, 0.1) is 23.2 Å². The van der Waals surface area contributed by atoms with Gasteiger partial charge < -0.3 is 45.1 Å². The first-order valence-corrected chi connectivity index (χ1v) is 19.5. The lowest BCUT2D eigenvalue weighted by Crippen LogP contribution is -2.84. The first-order chi connectivity index (χ1) is 23.7. The molecule has 13 atom stereocenters. The van der Waals surface area contributed by atoms with Gasteiger partial charge >= 0.3 is 5.97 Å². The van der Waals surface area contributed by atoms with E-state index in [1.54, 1.807) is 13.2 Å². The Kier molecular flexibility index (Phi) is 10.6. The summed E-state index contributed by atoms with van der Waals surface area (Å²) in [5.74, 6) is -2.89. The van der Waals surface area contributed by atoms with Gasteiger partial charge in [0.2, 0.25) is 0 Å². The number of fused-ring (bicyclic) bond motifs is 9. The number of allylic oxidation sites excluding steroid dienone is 1. The molecule has 10 heteroatoms. The molecule has 0 aromatic rings. The minimum Gasteiger partial charge on any atom is -0.450 e. The molecular formula is C40H63NO9. The van der Waals surface area contributed by atoms with Gasteiger partial charge in [0.15, 0.2) is 0 Å². The molecule has 4 fully saturated rings. The minimum atomic E-state index is -2.13. The van der Waals surface area contributed by atoms with Crippen molar-refractivity contribution in [3.8, 4) is 0 Å². The fraction of sp³-hybridized carbons (Fsp3) is 0.850. The minimum absolute atomic E-state index is 0.0482. The summed E-state index contributed by atoms with van der Waals surface area (Å²) >= 11 is 0. The quantitative estimate of drug-likeness (QED) is 0.0682. The van der Waals surface area contributed by atoms with Gasteiger partial charge in [-0.25, -0.2) is 4.79 Å². The van der Waals surface area contributed by atoms with E-state index < -0.39 is 63.8 Å². The van der Waals surface area contributed by atoms with Crippen LogP contribution in [0.2, 0.25) is 0 Å². The number of aldehydes is 1. The molecule has 6 rings (SSSR count). The highest BCUT2D eigenvalue weighted by Crippen LogP contribution is 2.75. The van der Waals surface area contributed by atoms with Crippen LogP contribution in [-0.2, 0) is 19.1 Å². The fourth-order valence-corrected chi connectivity index (χ4v) is 12.3. The average Bonchev–Trinajstić information content (AvgIpc) is 3.56. The number of carbonyl (C=O) groups excluding carboxylic acids is 2. The maximum atomic E-state index is 13.8. The molecule has 10 nitrogen and oxygen atoms in total. The molecule has 0 saturated heterocycles. The number of unbranched alkanes of at least 4 members (excludes halogenated alkanes) is 2. The third-order valence-corrected chi connectivity index (χ3v) is 14.7. The van der Waals surface area contributed by atoms with Gasteiger partial charge in [0, 0.05) is 50.0 Å². The van der Waals surface area contributed by atoms with Crippen molar-refractivity contribution in [2.75, 3.05) is 26.8 Å². The predicted octanol–water partition coefficient (Wildman–Crippen LogP) is 3.61. The second-order valence-electron chi connectivity index (χ2n) is 17.6. The summed E-state index contributed by atoms with van der Waals surface area (Å²) in [4.78, 5) is 26.6. The third-order valence-electron chi connectivity index (χ3n) is 14.7. The van der Waals surface area contributed by atoms with Crippen LogP contribution in [0.25, 0.3) is 0 Å². The lowest BCUT2D eigenvalue weighted by atomic mass is 9.36. The highest BCUT2D eigenvalue weighted by atomic mass is 16.5. The second kappa shape index (κ2) is 14.0. The standard InChI is InChI=1S/C40H63NO9/c1-6-7-8-10-25-19-37(23-42)31-13-14-36(4)33-26(17-27(22-41-15-9-16-49-5)34-28(33)18-32(44)50-34)20-39(36,47)40(31,48)35(45)29(12-11-24(2)3)38(37,46)21-30(25)43/h17-18,23-26,29-31,33-35,41,43,45-48H,6-16,19-22H2,1-5H3. The maximum absolute atomic E-state index is 13.8. The number of carbonyl (C=O) groups is 2. The van der Waals surface area contributed by atoms with Crippen molar-refractivity contribution in [2.45, 2.75) is 140 Å². The van der Waals surface area contributed by atoms with E-state index in [9.17, 15) is 35.1 Å². The maximum Gasteiger partial charge on any atom is 0.331 e. The van der Waals surface area contributed by atoms with Crippen LogP contribution in [0.1, 0.15) is 105 Å². The van der Waals surface area contributed by atoms with E-state index in [1.165, 1.54) is 0 Å². The monoisotopic (exact) mass is 701 g/mol. The summed E-state index contributed by atoms with van der Waals surface area (Å²) in [6.07, 6.45) is 7.95. The molecule has 1 aliphatic heterocycles. The predicted molar refractivity (Wildman–Crippen MR) is 188 cm³/mol. The first kappa shape index (κ1) is 38.1. The summed E-state index contributed by atoms with van der Waals surface area (Å²) < 4.78 is 11.0. The number of aliphatic hydroxyl groups is 5. The molecule has 0 aromatic carbocycles. The van der Waals surface area contributed by atoms with Crippen LogP contribution in [-0.4, -0.2) is 99.7 Å². The summed E-state index contributed by atoms with van der Waals surface area (Å²) in [5.41, 5.74) is -6.46. The Morgan fingerprint density at radius 3 is 2.54 bits per heavy atom. The Bertz CT molecular complexity index is 1350. The van der Waals surface area contributed by atoms with Gasteiger partial charge in [-0.15, -0.1) is 0 Å². The number of nitrogens with one attached hydrogen (secondary N) is 1. The number of hydrogen-bond donors (Lipinski definition) is 6. The first-order valence-electron chi connectivity index (χ1n) is 19.5. The van der Waals surface area contributed by atoms with Crippen LogP contribution in [0, 0.1) is 46.3 Å². The second-order valence-corrected chi connectivity index (χ2v) is 17.6. The molecule has 0 radical (unpaired) electrons. The molecule has 0 spiro atoms. The van der Waals surface area contributed by atoms with Crippen molar-refractivity contribution in [1.82, 2.24) is 5.32 Å². The van der Waals surface area contributed by atoms with Crippen molar-refractivity contribution in [3.05, 3.63) is 23.3 Å². The molecular weight excluding hydrogens is 638 g/mol. The Labute approximate surface area is 298 Å². The smallest absolute Gasteiger partial charge is 0.331 e. The fourth-order valence-electron chi connectivity index (χ4n) is 12.3. The lowest BCUT2D eigenvalue weighted by molar-refractivity contribution is -0.367. The Morgan fingerprint density at radius 2 is 1.86 bits per heavy atom. The highest BCUT2D eigenvalue weighted by Gasteiger charge is 2.83. The van der Waals surface area contributed by atoms with Crippen LogP contribution in [0.15, 0.2) is 23.3 Å². The van der Waals surface area contributed by atoms with Crippen molar-refractivity contribution < 1.29 is 44.6 Å². The van der Waals surface area contributed by atoms with Gasteiger partial charge in [-0.3, -0.25) is 0 Å². The topological polar surface area (TPSA) is 166 Å². The van der Waals surface area contributed by atoms with E-state index in [0.29, 0.717) is 45.3 Å². The molecule has 0 bridgehead atoms. The van der Waals surface area contributed by atoms with Crippen molar-refractivity contribution in [3.63, 3.8) is 0 Å². The Balaban J connectivity index is 1.44. The number of rotatable bonds is 14. The van der Waals surface area contributed by atoms with E-state index in [4.69, 9.17) is 9.47 Å². The lowest BCUT2D eigenvalue weighted by Gasteiger charge is -2.72. The number of ether oxygens (including phenoxy) is 2. The van der Waals surface area contributed by atoms with Crippen LogP contribution in [0.5, 0.6) is 0 Å². The van der Waals surface area contributed by atoms with E-state index in [1.807, 2.05) is 6.92 Å². The largest absolute Gasteiger partial charge is 0.450 e. The van der Waals surface area contributed by atoms with Gasteiger partial charge in [-0.2, -0.15) is 0 Å². The van der Waals surface area contributed by atoms with E-state index in [-0.39, 0.29) is 42.9 Å². The van der Waals surface area contributed by atoms with Crippen LogP contribution >= 0.6 is 0 Å². The van der Waals surface area contributed by atoms with Crippen molar-refractivity contribution in [2.24, 2.45) is 46.3 Å². The Hall–Kier alpha value is -1.66. The molecule has 4 saturated carbocycles. The van der Waals surface area contributed by atoms with Crippen LogP contribution in [0.3, 0.4) is 0 Å². The third kappa shape index (κ3) is 5.44. The molecule has 6 N–H and O–H groups in total. The zero-order valence-electron chi connectivity index (χ0n) is 30.9. The van der Waals surface area contributed by atoms with E-state index in [2.05, 4.69) is 32.2 Å². The van der Waals surface area contributed by atoms with E-state index >= 15 is 0 Å². The number of methoxy groups -OCH3 is 1. The SMILES string of the molecule is CCCCCC1CC2(C=O)C3CCC4(C)C5C6=CC(=O)OC6C(CNCCCOC)=CC5CC4(O)C3(O)C(O)C(CCC(C)C)C2(O)CC1O. The van der Waals surface area contributed by atoms with Crippen molar-refractivity contribution in [1.29, 1.82) is 0 Å². The molecule has 0 aromatic heterocycles. The van der Waals surface area contributed by atoms with Crippen LogP contribution < -0.4 is 5.32 Å². The summed E-state index contributed by atoms with van der Waals surface area (Å²) in [5, 5.41) is 67.3. The number of esters is 1. The average molecular weight is 702 g/mol. The van der Waals surface area contributed by atoms with E-state index in [0.717, 1.165) is 49.7 Å². The highest BCUT2D eigenvalue weighted by molar-refractivity contribution is 5.87. The van der Waals surface area contributed by atoms with Gasteiger partial charge in [0.1, 0.15) is 23.6 Å². The molecule has 13 unspecified atom stereocenters. The Morgan fingerprint density at radius 1 is 1.10 bits per heavy atom. The molecule has 5 aliphatic carbocycles. The molecule has 50 heavy (non-hydrogen) atoms. The summed E-state index contributed by atoms with van der Waals surface area (Å²) in [6, 6.07) is 0. The summed E-state index contributed by atoms with van der Waals surface area (Å²) in [6.45, 7) is 10.0. The van der Waals surface area contributed by atoms with Crippen LogP contribution in [0.4, 0.5) is 0 Å². The normalized spacial score (nSPS) is 46.3. The molecule has 0 amide bonds. The zero-order valence-corrected chi connectivity index (χ0v) is 30.9. The van der Waals surface area contributed by atoms with Gasteiger partial charge in [-0.05, 0) is 86.3 Å². The molecule has 6 aliphatic rings. The van der Waals surface area contributed by atoms with Gasteiger partial charge in [-0.1, -0.05) is 59.5 Å². The number of aliphatic hydroxyl groups excluding tert-OH is 2. The summed E-state index contributed by atoms with van der Waals surface area (Å²) in [7, 11) is 1.67. The van der Waals surface area contributed by atoms with Gasteiger partial charge in [0.25, 0.3) is 0 Å². The van der Waals surface area contributed by atoms with Crippen molar-refractivity contribution >= 4 is 12.3 Å². The number of hydrogen-bond acceptors (Lipinski definition) is 10.